The van der Waals surface area contributed by atoms with Gasteiger partial charge in [0.15, 0.2) is 0 Å². The molecule has 0 saturated carbocycles. The molecular weight excluding hydrogens is 204 g/mol. The number of carbonyl (C=O) groups is 1. The maximum absolute atomic E-state index is 10.9. The molecule has 0 amide bonds. The van der Waals surface area contributed by atoms with Crippen LogP contribution in [-0.2, 0) is 6.54 Å². The highest BCUT2D eigenvalue weighted by atomic mass is 16.4. The van der Waals surface area contributed by atoms with Gasteiger partial charge in [-0.2, -0.15) is 0 Å². The molecule has 0 bridgehead atoms. The van der Waals surface area contributed by atoms with E-state index in [1.165, 1.54) is 0 Å². The number of hydrogen-bond acceptors (Lipinski definition) is 2. The summed E-state index contributed by atoms with van der Waals surface area (Å²) in [6.07, 6.45) is 1.72. The minimum atomic E-state index is -0.937. The molecule has 4 heteroatoms. The Hall–Kier alpha value is -2.07. The quantitative estimate of drug-likeness (QED) is 0.819. The SMILES string of the molecule is NCc1ccc(-n2cccc2C(=O)O)cc1. The lowest BCUT2D eigenvalue weighted by Crippen LogP contribution is -2.05. The molecule has 0 aliphatic carbocycles. The van der Waals surface area contributed by atoms with E-state index in [1.807, 2.05) is 24.3 Å². The Labute approximate surface area is 92.9 Å². The average molecular weight is 216 g/mol. The fourth-order valence-corrected chi connectivity index (χ4v) is 1.57. The van der Waals surface area contributed by atoms with E-state index in [0.29, 0.717) is 6.54 Å². The van der Waals surface area contributed by atoms with Crippen LogP contribution in [0.5, 0.6) is 0 Å². The van der Waals surface area contributed by atoms with Crippen molar-refractivity contribution in [1.82, 2.24) is 4.57 Å². The summed E-state index contributed by atoms with van der Waals surface area (Å²) in [6, 6.07) is 10.8. The topological polar surface area (TPSA) is 68.2 Å². The van der Waals surface area contributed by atoms with Crippen molar-refractivity contribution >= 4 is 5.97 Å². The lowest BCUT2D eigenvalue weighted by molar-refractivity contribution is 0.0688. The Kier molecular flexibility index (Phi) is 2.74. The molecule has 0 unspecified atom stereocenters. The highest BCUT2D eigenvalue weighted by Gasteiger charge is 2.09. The van der Waals surface area contributed by atoms with Crippen LogP contribution >= 0.6 is 0 Å². The molecule has 0 spiro atoms. The van der Waals surface area contributed by atoms with E-state index >= 15 is 0 Å². The molecule has 4 nitrogen and oxygen atoms in total. The molecule has 0 saturated heterocycles. The Morgan fingerprint density at radius 3 is 2.50 bits per heavy atom. The van der Waals surface area contributed by atoms with Gasteiger partial charge in [-0.25, -0.2) is 4.79 Å². The number of nitrogens with zero attached hydrogens (tertiary/aromatic N) is 1. The predicted molar refractivity (Wildman–Crippen MR) is 60.6 cm³/mol. The molecule has 2 aromatic rings. The standard InChI is InChI=1S/C12H12N2O2/c13-8-9-3-5-10(6-4-9)14-7-1-2-11(14)12(15)16/h1-7H,8,13H2,(H,15,16). The fourth-order valence-electron chi connectivity index (χ4n) is 1.57. The summed E-state index contributed by atoms with van der Waals surface area (Å²) in [5.74, 6) is -0.937. The number of carboxylic acid groups (broad SMARTS) is 1. The number of carboxylic acids is 1. The zero-order chi connectivity index (χ0) is 11.5. The number of nitrogens with two attached hydrogens (primary N) is 1. The van der Waals surface area contributed by atoms with Gasteiger partial charge in [-0.15, -0.1) is 0 Å². The molecule has 2 rings (SSSR count). The first-order valence-electron chi connectivity index (χ1n) is 4.92. The monoisotopic (exact) mass is 216 g/mol. The second kappa shape index (κ2) is 4.20. The van der Waals surface area contributed by atoms with E-state index in [9.17, 15) is 4.79 Å². The molecule has 3 N–H and O–H groups in total. The normalized spacial score (nSPS) is 10.3. The van der Waals surface area contributed by atoms with Gasteiger partial charge >= 0.3 is 5.97 Å². The van der Waals surface area contributed by atoms with Gasteiger partial charge in [-0.3, -0.25) is 0 Å². The molecule has 82 valence electrons. The summed E-state index contributed by atoms with van der Waals surface area (Å²) in [5, 5.41) is 8.98. The first-order valence-corrected chi connectivity index (χ1v) is 4.92. The molecule has 0 aliphatic heterocycles. The van der Waals surface area contributed by atoms with Crippen LogP contribution < -0.4 is 5.73 Å². The maximum Gasteiger partial charge on any atom is 0.352 e. The summed E-state index contributed by atoms with van der Waals surface area (Å²) >= 11 is 0. The van der Waals surface area contributed by atoms with Gasteiger partial charge in [-0.05, 0) is 29.8 Å². The third-order valence-corrected chi connectivity index (χ3v) is 2.42. The number of hydrogen-bond donors (Lipinski definition) is 2. The summed E-state index contributed by atoms with van der Waals surface area (Å²) in [7, 11) is 0. The van der Waals surface area contributed by atoms with Crippen molar-refractivity contribution in [3.05, 3.63) is 53.9 Å². The van der Waals surface area contributed by atoms with Crippen LogP contribution in [0.4, 0.5) is 0 Å². The largest absolute Gasteiger partial charge is 0.477 e. The lowest BCUT2D eigenvalue weighted by atomic mass is 10.2. The molecule has 0 radical (unpaired) electrons. The fraction of sp³-hybridized carbons (Fsp3) is 0.0833. The minimum Gasteiger partial charge on any atom is -0.477 e. The smallest absolute Gasteiger partial charge is 0.352 e. The molecule has 16 heavy (non-hydrogen) atoms. The zero-order valence-corrected chi connectivity index (χ0v) is 8.63. The Morgan fingerprint density at radius 1 is 1.25 bits per heavy atom. The summed E-state index contributed by atoms with van der Waals surface area (Å²) in [4.78, 5) is 10.9. The molecular formula is C12H12N2O2. The number of aromatic carboxylic acids is 1. The van der Waals surface area contributed by atoms with Crippen LogP contribution in [0.25, 0.3) is 5.69 Å². The van der Waals surface area contributed by atoms with E-state index in [1.54, 1.807) is 22.9 Å². The zero-order valence-electron chi connectivity index (χ0n) is 8.63. The predicted octanol–water partition coefficient (Wildman–Crippen LogP) is 1.63. The Morgan fingerprint density at radius 2 is 1.94 bits per heavy atom. The van der Waals surface area contributed by atoms with E-state index in [0.717, 1.165) is 11.3 Å². The van der Waals surface area contributed by atoms with E-state index < -0.39 is 5.97 Å². The van der Waals surface area contributed by atoms with Crippen molar-refractivity contribution in [2.24, 2.45) is 5.73 Å². The van der Waals surface area contributed by atoms with Crippen molar-refractivity contribution in [2.45, 2.75) is 6.54 Å². The van der Waals surface area contributed by atoms with Crippen LogP contribution in [-0.4, -0.2) is 15.6 Å². The molecule has 0 fully saturated rings. The van der Waals surface area contributed by atoms with E-state index in [-0.39, 0.29) is 5.69 Å². The highest BCUT2D eigenvalue weighted by molar-refractivity contribution is 5.86. The Balaban J connectivity index is 2.42. The molecule has 0 aliphatic rings. The minimum absolute atomic E-state index is 0.250. The van der Waals surface area contributed by atoms with Gasteiger partial charge in [0.05, 0.1) is 0 Å². The molecule has 1 heterocycles. The van der Waals surface area contributed by atoms with Gasteiger partial charge in [0.25, 0.3) is 0 Å². The summed E-state index contributed by atoms with van der Waals surface area (Å²) in [6.45, 7) is 0.484. The van der Waals surface area contributed by atoms with E-state index in [2.05, 4.69) is 0 Å². The summed E-state index contributed by atoms with van der Waals surface area (Å²) in [5.41, 5.74) is 7.59. The van der Waals surface area contributed by atoms with E-state index in [4.69, 9.17) is 10.8 Å². The van der Waals surface area contributed by atoms with Crippen LogP contribution in [0.1, 0.15) is 16.1 Å². The average Bonchev–Trinajstić information content (AvgIpc) is 2.78. The second-order valence-corrected chi connectivity index (χ2v) is 3.44. The van der Waals surface area contributed by atoms with Gasteiger partial charge in [0.1, 0.15) is 5.69 Å². The molecule has 1 aromatic carbocycles. The van der Waals surface area contributed by atoms with Crippen molar-refractivity contribution in [2.75, 3.05) is 0 Å². The Bertz CT molecular complexity index is 500. The third-order valence-electron chi connectivity index (χ3n) is 2.42. The highest BCUT2D eigenvalue weighted by Crippen LogP contribution is 2.13. The van der Waals surface area contributed by atoms with Crippen molar-refractivity contribution < 1.29 is 9.90 Å². The summed E-state index contributed by atoms with van der Waals surface area (Å²) < 4.78 is 1.63. The van der Waals surface area contributed by atoms with Crippen LogP contribution in [0.2, 0.25) is 0 Å². The van der Waals surface area contributed by atoms with Gasteiger partial charge in [-0.1, -0.05) is 12.1 Å². The van der Waals surface area contributed by atoms with Gasteiger partial charge < -0.3 is 15.4 Å². The first-order chi connectivity index (χ1) is 7.72. The number of aromatic nitrogens is 1. The lowest BCUT2D eigenvalue weighted by Gasteiger charge is -2.06. The molecule has 1 aromatic heterocycles. The second-order valence-electron chi connectivity index (χ2n) is 3.44. The first kappa shape index (κ1) is 10.4. The molecule has 0 atom stereocenters. The van der Waals surface area contributed by atoms with Crippen LogP contribution in [0.3, 0.4) is 0 Å². The maximum atomic E-state index is 10.9. The third kappa shape index (κ3) is 1.83. The number of benzene rings is 1. The number of rotatable bonds is 3. The van der Waals surface area contributed by atoms with Crippen molar-refractivity contribution in [1.29, 1.82) is 0 Å². The van der Waals surface area contributed by atoms with Crippen molar-refractivity contribution in [3.63, 3.8) is 0 Å². The van der Waals surface area contributed by atoms with Crippen molar-refractivity contribution in [3.8, 4) is 5.69 Å². The van der Waals surface area contributed by atoms with Crippen LogP contribution in [0.15, 0.2) is 42.6 Å². The van der Waals surface area contributed by atoms with Crippen LogP contribution in [0, 0.1) is 0 Å². The van der Waals surface area contributed by atoms with Gasteiger partial charge in [0, 0.05) is 18.4 Å². The van der Waals surface area contributed by atoms with Gasteiger partial charge in [0.2, 0.25) is 0 Å².